The Morgan fingerprint density at radius 3 is 2.64 bits per heavy atom. The van der Waals surface area contributed by atoms with Crippen molar-refractivity contribution in [2.75, 3.05) is 6.16 Å². The van der Waals surface area contributed by atoms with Crippen molar-refractivity contribution in [3.63, 3.8) is 0 Å². The standard InChI is InChI=1S/C10H12F3P/c1-2-3-6-14(13)10-7-8(11)4-5-9(10)12/h4-5,7H,2-3,6H2,1H3. The molecule has 1 aromatic carbocycles. The normalized spacial score (nSPS) is 12.9. The van der Waals surface area contributed by atoms with Gasteiger partial charge in [0.2, 0.25) is 0 Å². The molecule has 0 aliphatic carbocycles. The average molecular weight is 220 g/mol. The fourth-order valence-electron chi connectivity index (χ4n) is 1.09. The first kappa shape index (κ1) is 11.5. The Hall–Kier alpha value is -0.560. The lowest BCUT2D eigenvalue weighted by Crippen LogP contribution is -2.07. The maximum atomic E-state index is 13.4. The van der Waals surface area contributed by atoms with Crippen LogP contribution in [0.4, 0.5) is 13.0 Å². The topological polar surface area (TPSA) is 0 Å². The summed E-state index contributed by atoms with van der Waals surface area (Å²) >= 11 is 0. The molecule has 1 aromatic rings. The van der Waals surface area contributed by atoms with E-state index in [1.807, 2.05) is 6.92 Å². The van der Waals surface area contributed by atoms with Gasteiger partial charge in [-0.1, -0.05) is 13.3 Å². The van der Waals surface area contributed by atoms with Gasteiger partial charge in [-0.3, -0.25) is 0 Å². The molecular formula is C10H12F3P. The Balaban J connectivity index is 2.77. The van der Waals surface area contributed by atoms with E-state index in [0.717, 1.165) is 24.6 Å². The van der Waals surface area contributed by atoms with Crippen molar-refractivity contribution < 1.29 is 13.0 Å². The SMILES string of the molecule is CCCCP(F)c1cc(F)ccc1F. The van der Waals surface area contributed by atoms with E-state index >= 15 is 0 Å². The highest BCUT2D eigenvalue weighted by molar-refractivity contribution is 7.60. The highest BCUT2D eigenvalue weighted by atomic mass is 31.2. The number of halogens is 3. The fourth-order valence-corrected chi connectivity index (χ4v) is 2.49. The van der Waals surface area contributed by atoms with Gasteiger partial charge in [-0.05, 0) is 24.6 Å². The molecule has 78 valence electrons. The summed E-state index contributed by atoms with van der Waals surface area (Å²) in [5, 5.41) is -0.103. The van der Waals surface area contributed by atoms with Crippen molar-refractivity contribution in [3.05, 3.63) is 29.8 Å². The van der Waals surface area contributed by atoms with Gasteiger partial charge in [-0.15, -0.1) is 0 Å². The highest BCUT2D eigenvalue weighted by Crippen LogP contribution is 2.37. The third kappa shape index (κ3) is 2.98. The van der Waals surface area contributed by atoms with Gasteiger partial charge < -0.3 is 0 Å². The molecule has 0 spiro atoms. The lowest BCUT2D eigenvalue weighted by Gasteiger charge is -2.08. The van der Waals surface area contributed by atoms with E-state index in [-0.39, 0.29) is 5.30 Å². The van der Waals surface area contributed by atoms with Crippen LogP contribution in [0.1, 0.15) is 19.8 Å². The largest absolute Gasteiger partial charge is 0.222 e. The zero-order valence-electron chi connectivity index (χ0n) is 7.93. The molecule has 0 saturated carbocycles. The number of benzene rings is 1. The van der Waals surface area contributed by atoms with E-state index < -0.39 is 19.9 Å². The van der Waals surface area contributed by atoms with Crippen molar-refractivity contribution >= 4 is 13.5 Å². The van der Waals surface area contributed by atoms with Gasteiger partial charge in [0.15, 0.2) is 0 Å². The first-order valence-electron chi connectivity index (χ1n) is 4.53. The van der Waals surface area contributed by atoms with Crippen molar-refractivity contribution in [1.29, 1.82) is 0 Å². The minimum atomic E-state index is -2.03. The Bertz CT molecular complexity index is 301. The smallest absolute Gasteiger partial charge is 0.133 e. The minimum Gasteiger partial charge on any atom is -0.222 e. The summed E-state index contributed by atoms with van der Waals surface area (Å²) in [5.41, 5.74) is 0. The van der Waals surface area contributed by atoms with Crippen molar-refractivity contribution in [3.8, 4) is 0 Å². The Kier molecular flexibility index (Phi) is 4.40. The van der Waals surface area contributed by atoms with Crippen LogP contribution in [-0.4, -0.2) is 6.16 Å². The molecule has 1 atom stereocenters. The van der Waals surface area contributed by atoms with Crippen molar-refractivity contribution in [2.45, 2.75) is 19.8 Å². The molecule has 0 aromatic heterocycles. The van der Waals surface area contributed by atoms with Crippen LogP contribution >= 0.6 is 8.23 Å². The first-order valence-corrected chi connectivity index (χ1v) is 5.95. The second-order valence-electron chi connectivity index (χ2n) is 3.04. The van der Waals surface area contributed by atoms with Crippen LogP contribution in [0.15, 0.2) is 18.2 Å². The average Bonchev–Trinajstić information content (AvgIpc) is 2.18. The van der Waals surface area contributed by atoms with Crippen molar-refractivity contribution in [1.82, 2.24) is 0 Å². The molecule has 0 radical (unpaired) electrons. The quantitative estimate of drug-likeness (QED) is 0.678. The number of rotatable bonds is 4. The Labute approximate surface area is 83.0 Å². The van der Waals surface area contributed by atoms with Crippen LogP contribution in [-0.2, 0) is 0 Å². The van der Waals surface area contributed by atoms with Crippen LogP contribution in [0.5, 0.6) is 0 Å². The van der Waals surface area contributed by atoms with Crippen LogP contribution in [0, 0.1) is 11.6 Å². The Morgan fingerprint density at radius 2 is 2.00 bits per heavy atom. The molecule has 0 nitrogen and oxygen atoms in total. The van der Waals surface area contributed by atoms with Crippen LogP contribution in [0.25, 0.3) is 0 Å². The molecule has 0 aliphatic heterocycles. The van der Waals surface area contributed by atoms with Gasteiger partial charge in [0.25, 0.3) is 0 Å². The van der Waals surface area contributed by atoms with E-state index in [2.05, 4.69) is 0 Å². The van der Waals surface area contributed by atoms with Crippen LogP contribution in [0.2, 0.25) is 0 Å². The molecule has 1 rings (SSSR count). The maximum Gasteiger partial charge on any atom is 0.133 e. The second kappa shape index (κ2) is 5.35. The molecule has 0 fully saturated rings. The predicted octanol–water partition coefficient (Wildman–Crippen LogP) is 3.76. The molecule has 0 N–H and O–H groups in total. The van der Waals surface area contributed by atoms with Crippen molar-refractivity contribution in [2.24, 2.45) is 0 Å². The fraction of sp³-hybridized carbons (Fsp3) is 0.400. The summed E-state index contributed by atoms with van der Waals surface area (Å²) in [7, 11) is -2.03. The van der Waals surface area contributed by atoms with E-state index in [4.69, 9.17) is 0 Å². The molecule has 1 unspecified atom stereocenters. The summed E-state index contributed by atoms with van der Waals surface area (Å²) in [6, 6.07) is 2.93. The van der Waals surface area contributed by atoms with E-state index in [1.165, 1.54) is 0 Å². The van der Waals surface area contributed by atoms with Gasteiger partial charge in [-0.25, -0.2) is 13.0 Å². The molecular weight excluding hydrogens is 208 g/mol. The summed E-state index contributed by atoms with van der Waals surface area (Å²) < 4.78 is 39.2. The lowest BCUT2D eigenvalue weighted by molar-refractivity contribution is 0.606. The second-order valence-corrected chi connectivity index (χ2v) is 4.69. The summed E-state index contributed by atoms with van der Waals surface area (Å²) in [6.45, 7) is 1.94. The van der Waals surface area contributed by atoms with Gasteiger partial charge in [0.05, 0.1) is 0 Å². The minimum absolute atomic E-state index is 0.103. The number of hydrogen-bond donors (Lipinski definition) is 0. The van der Waals surface area contributed by atoms with Crippen LogP contribution in [0.3, 0.4) is 0 Å². The van der Waals surface area contributed by atoms with E-state index in [0.29, 0.717) is 12.6 Å². The third-order valence-corrected chi connectivity index (χ3v) is 3.45. The summed E-state index contributed by atoms with van der Waals surface area (Å²) in [4.78, 5) is 0. The maximum absolute atomic E-state index is 13.4. The summed E-state index contributed by atoms with van der Waals surface area (Å²) in [5.74, 6) is -1.22. The molecule has 4 heteroatoms. The molecule has 0 bridgehead atoms. The zero-order chi connectivity index (χ0) is 10.6. The van der Waals surface area contributed by atoms with E-state index in [1.54, 1.807) is 0 Å². The zero-order valence-corrected chi connectivity index (χ0v) is 8.83. The van der Waals surface area contributed by atoms with Gasteiger partial charge >= 0.3 is 0 Å². The molecule has 0 amide bonds. The predicted molar refractivity (Wildman–Crippen MR) is 53.8 cm³/mol. The number of unbranched alkanes of at least 4 members (excludes halogenated alkanes) is 1. The highest BCUT2D eigenvalue weighted by Gasteiger charge is 2.15. The number of hydrogen-bond acceptors (Lipinski definition) is 0. The molecule has 14 heavy (non-hydrogen) atoms. The van der Waals surface area contributed by atoms with Gasteiger partial charge in [0.1, 0.15) is 19.9 Å². The Morgan fingerprint density at radius 1 is 1.29 bits per heavy atom. The van der Waals surface area contributed by atoms with Gasteiger partial charge in [-0.2, -0.15) is 0 Å². The molecule has 0 saturated heterocycles. The van der Waals surface area contributed by atoms with Gasteiger partial charge in [0, 0.05) is 11.5 Å². The summed E-state index contributed by atoms with van der Waals surface area (Å²) in [6.07, 6.45) is 1.88. The first-order chi connectivity index (χ1) is 6.65. The lowest BCUT2D eigenvalue weighted by atomic mass is 10.3. The monoisotopic (exact) mass is 220 g/mol. The van der Waals surface area contributed by atoms with Crippen LogP contribution < -0.4 is 5.30 Å². The molecule has 0 aliphatic rings. The van der Waals surface area contributed by atoms with E-state index in [9.17, 15) is 13.0 Å². The molecule has 0 heterocycles. The third-order valence-electron chi connectivity index (χ3n) is 1.88.